The van der Waals surface area contributed by atoms with E-state index in [1.807, 2.05) is 12.1 Å². The van der Waals surface area contributed by atoms with E-state index in [-0.39, 0.29) is 11.8 Å². The standard InChI is InChI=1S/C23H29N3O2/c1-17(19-5-3-2-4-6-19)15-22(27)25-16-18-7-9-20(10-8-18)23(28)26-21-11-13-24-14-12-21/h7-14,17,19H,2-6,15-16H2,1H3,(H,25,27)(H,24,26,28). The molecule has 28 heavy (non-hydrogen) atoms. The number of aromatic nitrogens is 1. The largest absolute Gasteiger partial charge is 0.352 e. The van der Waals surface area contributed by atoms with Gasteiger partial charge in [-0.2, -0.15) is 0 Å². The highest BCUT2D eigenvalue weighted by molar-refractivity contribution is 6.04. The molecular formula is C23H29N3O2. The van der Waals surface area contributed by atoms with Crippen LogP contribution in [-0.4, -0.2) is 16.8 Å². The van der Waals surface area contributed by atoms with Crippen molar-refractivity contribution in [1.82, 2.24) is 10.3 Å². The van der Waals surface area contributed by atoms with Gasteiger partial charge in [-0.05, 0) is 41.7 Å². The van der Waals surface area contributed by atoms with Gasteiger partial charge in [0, 0.05) is 36.6 Å². The third-order valence-corrected chi connectivity index (χ3v) is 5.61. The first-order valence-electron chi connectivity index (χ1n) is 10.2. The van der Waals surface area contributed by atoms with Gasteiger partial charge >= 0.3 is 0 Å². The zero-order valence-electron chi connectivity index (χ0n) is 16.5. The lowest BCUT2D eigenvalue weighted by molar-refractivity contribution is -0.122. The van der Waals surface area contributed by atoms with Crippen LogP contribution in [0.3, 0.4) is 0 Å². The topological polar surface area (TPSA) is 71.1 Å². The number of anilines is 1. The van der Waals surface area contributed by atoms with E-state index >= 15 is 0 Å². The maximum absolute atomic E-state index is 12.3. The van der Waals surface area contributed by atoms with Crippen molar-refractivity contribution in [3.8, 4) is 0 Å². The van der Waals surface area contributed by atoms with Crippen LogP contribution in [-0.2, 0) is 11.3 Å². The van der Waals surface area contributed by atoms with Gasteiger partial charge in [-0.1, -0.05) is 51.2 Å². The molecule has 0 spiro atoms. The molecule has 0 radical (unpaired) electrons. The summed E-state index contributed by atoms with van der Waals surface area (Å²) < 4.78 is 0. The van der Waals surface area contributed by atoms with Gasteiger partial charge in [0.15, 0.2) is 0 Å². The molecule has 5 heteroatoms. The predicted octanol–water partition coefficient (Wildman–Crippen LogP) is 4.56. The van der Waals surface area contributed by atoms with E-state index in [1.165, 1.54) is 32.1 Å². The van der Waals surface area contributed by atoms with E-state index in [9.17, 15) is 9.59 Å². The Bertz CT molecular complexity index is 768. The number of carbonyl (C=O) groups is 2. The first kappa shape index (κ1) is 20.1. The van der Waals surface area contributed by atoms with Crippen LogP contribution in [0, 0.1) is 11.8 Å². The molecule has 1 aromatic carbocycles. The molecule has 2 N–H and O–H groups in total. The number of nitrogens with one attached hydrogen (secondary N) is 2. The number of hydrogen-bond acceptors (Lipinski definition) is 3. The molecule has 1 atom stereocenters. The number of hydrogen-bond donors (Lipinski definition) is 2. The van der Waals surface area contributed by atoms with Gasteiger partial charge in [0.05, 0.1) is 0 Å². The number of benzene rings is 1. The van der Waals surface area contributed by atoms with Crippen molar-refractivity contribution < 1.29 is 9.59 Å². The molecule has 2 amide bonds. The normalized spacial score (nSPS) is 15.6. The first-order valence-corrected chi connectivity index (χ1v) is 10.2. The van der Waals surface area contributed by atoms with E-state index < -0.39 is 0 Å². The van der Waals surface area contributed by atoms with Crippen LogP contribution >= 0.6 is 0 Å². The molecule has 3 rings (SSSR count). The summed E-state index contributed by atoms with van der Waals surface area (Å²) in [7, 11) is 0. The van der Waals surface area contributed by atoms with Crippen molar-refractivity contribution in [2.24, 2.45) is 11.8 Å². The third kappa shape index (κ3) is 5.91. The predicted molar refractivity (Wildman–Crippen MR) is 111 cm³/mol. The van der Waals surface area contributed by atoms with Gasteiger partial charge in [0.2, 0.25) is 5.91 Å². The molecular weight excluding hydrogens is 350 g/mol. The van der Waals surface area contributed by atoms with Crippen molar-refractivity contribution in [3.05, 3.63) is 59.9 Å². The van der Waals surface area contributed by atoms with Crippen LogP contribution in [0.25, 0.3) is 0 Å². The van der Waals surface area contributed by atoms with E-state index in [4.69, 9.17) is 0 Å². The molecule has 1 aromatic heterocycles. The van der Waals surface area contributed by atoms with Crippen LogP contribution in [0.15, 0.2) is 48.8 Å². The van der Waals surface area contributed by atoms with E-state index in [0.29, 0.717) is 36.1 Å². The Morgan fingerprint density at radius 3 is 2.39 bits per heavy atom. The fourth-order valence-corrected chi connectivity index (χ4v) is 3.85. The minimum absolute atomic E-state index is 0.109. The molecule has 2 aromatic rings. The maximum atomic E-state index is 12.3. The van der Waals surface area contributed by atoms with Crippen molar-refractivity contribution in [1.29, 1.82) is 0 Å². The monoisotopic (exact) mass is 379 g/mol. The zero-order chi connectivity index (χ0) is 19.8. The lowest BCUT2D eigenvalue weighted by Gasteiger charge is -2.27. The van der Waals surface area contributed by atoms with E-state index in [2.05, 4.69) is 22.5 Å². The highest BCUT2D eigenvalue weighted by Gasteiger charge is 2.22. The van der Waals surface area contributed by atoms with Gasteiger partial charge in [0.25, 0.3) is 5.91 Å². The Balaban J connectivity index is 1.44. The van der Waals surface area contributed by atoms with Gasteiger partial charge in [0.1, 0.15) is 0 Å². The summed E-state index contributed by atoms with van der Waals surface area (Å²) in [5.41, 5.74) is 2.28. The molecule has 1 heterocycles. The minimum atomic E-state index is -0.164. The van der Waals surface area contributed by atoms with Gasteiger partial charge in [-0.3, -0.25) is 14.6 Å². The van der Waals surface area contributed by atoms with Crippen molar-refractivity contribution in [2.45, 2.75) is 52.0 Å². The SMILES string of the molecule is CC(CC(=O)NCc1ccc(C(=O)Nc2ccncc2)cc1)C1CCCCC1. The second-order valence-electron chi connectivity index (χ2n) is 7.74. The fourth-order valence-electron chi connectivity index (χ4n) is 3.85. The summed E-state index contributed by atoms with van der Waals surface area (Å²) in [6, 6.07) is 10.8. The minimum Gasteiger partial charge on any atom is -0.352 e. The van der Waals surface area contributed by atoms with Crippen LogP contribution in [0.5, 0.6) is 0 Å². The Kier molecular flexibility index (Phi) is 7.18. The zero-order valence-corrected chi connectivity index (χ0v) is 16.5. The van der Waals surface area contributed by atoms with Crippen molar-refractivity contribution in [3.63, 3.8) is 0 Å². The van der Waals surface area contributed by atoms with Crippen LogP contribution in [0.4, 0.5) is 5.69 Å². The Hall–Kier alpha value is -2.69. The van der Waals surface area contributed by atoms with Crippen LogP contribution < -0.4 is 10.6 Å². The first-order chi connectivity index (χ1) is 13.6. The lowest BCUT2D eigenvalue weighted by Crippen LogP contribution is -2.27. The molecule has 1 unspecified atom stereocenters. The van der Waals surface area contributed by atoms with Crippen molar-refractivity contribution in [2.75, 3.05) is 5.32 Å². The van der Waals surface area contributed by atoms with Crippen molar-refractivity contribution >= 4 is 17.5 Å². The summed E-state index contributed by atoms with van der Waals surface area (Å²) in [6.45, 7) is 2.69. The molecule has 0 bridgehead atoms. The average molecular weight is 380 g/mol. The molecule has 0 saturated heterocycles. The quantitative estimate of drug-likeness (QED) is 0.741. The molecule has 1 aliphatic carbocycles. The number of rotatable bonds is 7. The fraction of sp³-hybridized carbons (Fsp3) is 0.435. The third-order valence-electron chi connectivity index (χ3n) is 5.61. The molecule has 1 fully saturated rings. The summed E-state index contributed by atoms with van der Waals surface area (Å²) in [6.07, 6.45) is 10.3. The lowest BCUT2D eigenvalue weighted by atomic mass is 9.79. The van der Waals surface area contributed by atoms with E-state index in [0.717, 1.165) is 5.56 Å². The Labute approximate surface area is 167 Å². The Morgan fingerprint density at radius 1 is 1.04 bits per heavy atom. The molecule has 0 aliphatic heterocycles. The van der Waals surface area contributed by atoms with Gasteiger partial charge in [-0.15, -0.1) is 0 Å². The van der Waals surface area contributed by atoms with Gasteiger partial charge in [-0.25, -0.2) is 0 Å². The summed E-state index contributed by atoms with van der Waals surface area (Å²) in [5.74, 6) is 1.08. The smallest absolute Gasteiger partial charge is 0.255 e. The molecule has 1 aliphatic rings. The second-order valence-corrected chi connectivity index (χ2v) is 7.74. The summed E-state index contributed by atoms with van der Waals surface area (Å²) >= 11 is 0. The molecule has 148 valence electrons. The number of nitrogens with zero attached hydrogens (tertiary/aromatic N) is 1. The molecule has 5 nitrogen and oxygen atoms in total. The highest BCUT2D eigenvalue weighted by Crippen LogP contribution is 2.31. The summed E-state index contributed by atoms with van der Waals surface area (Å²) in [4.78, 5) is 28.5. The number of carbonyl (C=O) groups excluding carboxylic acids is 2. The number of pyridine rings is 1. The summed E-state index contributed by atoms with van der Waals surface area (Å²) in [5, 5.41) is 5.84. The average Bonchev–Trinajstić information content (AvgIpc) is 2.74. The van der Waals surface area contributed by atoms with Crippen LogP contribution in [0.1, 0.15) is 61.4 Å². The van der Waals surface area contributed by atoms with E-state index in [1.54, 1.807) is 36.7 Å². The number of amides is 2. The van der Waals surface area contributed by atoms with Gasteiger partial charge < -0.3 is 10.6 Å². The maximum Gasteiger partial charge on any atom is 0.255 e. The van der Waals surface area contributed by atoms with Crippen LogP contribution in [0.2, 0.25) is 0 Å². The highest BCUT2D eigenvalue weighted by atomic mass is 16.2. The molecule has 1 saturated carbocycles. The second kappa shape index (κ2) is 10.0. The Morgan fingerprint density at radius 2 is 1.71 bits per heavy atom.